The number of aliphatic carboxylic acids is 1. The lowest BCUT2D eigenvalue weighted by Crippen LogP contribution is -2.49. The predicted molar refractivity (Wildman–Crippen MR) is 96.5 cm³/mol. The molecule has 6 nitrogen and oxygen atoms in total. The Morgan fingerprint density at radius 3 is 2.33 bits per heavy atom. The standard InChI is InChI=1S/C21H19NO5/c23-19(24)21-9-13(10-27-21)22(12-21)20(25)26-11-18-16-7-3-1-5-14(16)15-6-2-4-8-17(15)18/h1-8,13,18H,9-12H2,(H,23,24)/t13-,21-/m0/s1. The summed E-state index contributed by atoms with van der Waals surface area (Å²) in [5.41, 5.74) is 3.38. The van der Waals surface area contributed by atoms with Crippen LogP contribution in [-0.2, 0) is 14.3 Å². The fourth-order valence-electron chi connectivity index (χ4n) is 4.58. The van der Waals surface area contributed by atoms with E-state index in [-0.39, 0.29) is 31.7 Å². The number of carboxylic acid groups (broad SMARTS) is 1. The van der Waals surface area contributed by atoms with Crippen molar-refractivity contribution in [2.24, 2.45) is 0 Å². The second-order valence-corrected chi connectivity index (χ2v) is 7.40. The van der Waals surface area contributed by atoms with Gasteiger partial charge in [0.2, 0.25) is 0 Å². The Hall–Kier alpha value is -2.86. The van der Waals surface area contributed by atoms with Crippen LogP contribution in [0.5, 0.6) is 0 Å². The molecule has 3 aliphatic rings. The van der Waals surface area contributed by atoms with Gasteiger partial charge in [0.1, 0.15) is 6.61 Å². The van der Waals surface area contributed by atoms with E-state index >= 15 is 0 Å². The van der Waals surface area contributed by atoms with Crippen LogP contribution >= 0.6 is 0 Å². The van der Waals surface area contributed by atoms with E-state index < -0.39 is 17.7 Å². The van der Waals surface area contributed by atoms with Gasteiger partial charge in [-0.05, 0) is 22.3 Å². The number of likely N-dealkylation sites (tertiary alicyclic amines) is 1. The van der Waals surface area contributed by atoms with Gasteiger partial charge in [-0.3, -0.25) is 4.90 Å². The van der Waals surface area contributed by atoms with Gasteiger partial charge in [-0.15, -0.1) is 0 Å². The molecule has 27 heavy (non-hydrogen) atoms. The summed E-state index contributed by atoms with van der Waals surface area (Å²) in [5, 5.41) is 9.41. The molecule has 2 bridgehead atoms. The molecule has 0 aromatic heterocycles. The number of amides is 1. The van der Waals surface area contributed by atoms with E-state index in [0.717, 1.165) is 11.1 Å². The summed E-state index contributed by atoms with van der Waals surface area (Å²) in [6.45, 7) is 0.525. The fourth-order valence-corrected chi connectivity index (χ4v) is 4.58. The Morgan fingerprint density at radius 1 is 1.11 bits per heavy atom. The highest BCUT2D eigenvalue weighted by molar-refractivity contribution is 5.82. The zero-order chi connectivity index (χ0) is 18.6. The summed E-state index contributed by atoms with van der Waals surface area (Å²) >= 11 is 0. The molecule has 2 aromatic carbocycles. The summed E-state index contributed by atoms with van der Waals surface area (Å²) in [7, 11) is 0. The average molecular weight is 365 g/mol. The van der Waals surface area contributed by atoms with Crippen molar-refractivity contribution < 1.29 is 24.2 Å². The number of rotatable bonds is 3. The molecule has 1 amide bonds. The topological polar surface area (TPSA) is 76.1 Å². The molecule has 6 heteroatoms. The third-order valence-corrected chi connectivity index (χ3v) is 5.94. The molecule has 2 heterocycles. The zero-order valence-corrected chi connectivity index (χ0v) is 14.6. The number of carboxylic acids is 1. The summed E-state index contributed by atoms with van der Waals surface area (Å²) in [6, 6.07) is 16.1. The molecule has 2 aliphatic heterocycles. The number of nitrogens with zero attached hydrogens (tertiary/aromatic N) is 1. The third kappa shape index (κ3) is 2.36. The molecular formula is C21H19NO5. The lowest BCUT2D eigenvalue weighted by molar-refractivity contribution is -0.162. The van der Waals surface area contributed by atoms with Crippen LogP contribution in [-0.4, -0.2) is 53.5 Å². The van der Waals surface area contributed by atoms with Crippen molar-refractivity contribution in [3.8, 4) is 11.1 Å². The van der Waals surface area contributed by atoms with Crippen molar-refractivity contribution in [3.05, 3.63) is 59.7 Å². The van der Waals surface area contributed by atoms with Gasteiger partial charge < -0.3 is 14.6 Å². The summed E-state index contributed by atoms with van der Waals surface area (Å²) < 4.78 is 11.0. The van der Waals surface area contributed by atoms with E-state index in [2.05, 4.69) is 24.3 Å². The average Bonchev–Trinajstić information content (AvgIpc) is 3.37. The van der Waals surface area contributed by atoms with Gasteiger partial charge in [-0.1, -0.05) is 48.5 Å². The number of benzene rings is 2. The van der Waals surface area contributed by atoms with Gasteiger partial charge in [0.05, 0.1) is 19.2 Å². The van der Waals surface area contributed by atoms with Crippen molar-refractivity contribution in [2.45, 2.75) is 24.0 Å². The van der Waals surface area contributed by atoms with Gasteiger partial charge in [-0.2, -0.15) is 0 Å². The number of hydrogen-bond acceptors (Lipinski definition) is 4. The first kappa shape index (κ1) is 16.3. The van der Waals surface area contributed by atoms with Crippen LogP contribution in [0.25, 0.3) is 11.1 Å². The number of morpholine rings is 1. The van der Waals surface area contributed by atoms with E-state index in [1.54, 1.807) is 0 Å². The van der Waals surface area contributed by atoms with Crippen LogP contribution < -0.4 is 0 Å². The van der Waals surface area contributed by atoms with Crippen LogP contribution in [0.4, 0.5) is 4.79 Å². The molecule has 1 N–H and O–H groups in total. The molecular weight excluding hydrogens is 346 g/mol. The van der Waals surface area contributed by atoms with E-state index in [9.17, 15) is 14.7 Å². The molecule has 0 unspecified atom stereocenters. The maximum Gasteiger partial charge on any atom is 0.410 e. The minimum Gasteiger partial charge on any atom is -0.479 e. The Labute approximate surface area is 156 Å². The Kier molecular flexibility index (Phi) is 3.52. The monoisotopic (exact) mass is 365 g/mol. The Morgan fingerprint density at radius 2 is 1.74 bits per heavy atom. The van der Waals surface area contributed by atoms with Gasteiger partial charge in [0, 0.05) is 12.3 Å². The maximum atomic E-state index is 12.6. The summed E-state index contributed by atoms with van der Waals surface area (Å²) in [5.74, 6) is -1.02. The lowest BCUT2D eigenvalue weighted by Gasteiger charge is -2.30. The Balaban J connectivity index is 1.34. The maximum absolute atomic E-state index is 12.6. The highest BCUT2D eigenvalue weighted by atomic mass is 16.6. The minimum absolute atomic E-state index is 0.00850. The first-order chi connectivity index (χ1) is 13.1. The summed E-state index contributed by atoms with van der Waals surface area (Å²) in [6.07, 6.45) is -0.139. The van der Waals surface area contributed by atoms with E-state index in [1.165, 1.54) is 16.0 Å². The van der Waals surface area contributed by atoms with Crippen molar-refractivity contribution >= 4 is 12.1 Å². The van der Waals surface area contributed by atoms with Gasteiger partial charge in [0.25, 0.3) is 0 Å². The number of hydrogen-bond donors (Lipinski definition) is 1. The molecule has 2 fully saturated rings. The third-order valence-electron chi connectivity index (χ3n) is 5.94. The van der Waals surface area contributed by atoms with Gasteiger partial charge in [0.15, 0.2) is 5.60 Å². The van der Waals surface area contributed by atoms with Crippen molar-refractivity contribution in [1.82, 2.24) is 4.90 Å². The normalized spacial score (nSPS) is 25.3. The molecule has 0 radical (unpaired) electrons. The van der Waals surface area contributed by atoms with E-state index in [0.29, 0.717) is 6.42 Å². The molecule has 2 aromatic rings. The van der Waals surface area contributed by atoms with Crippen molar-refractivity contribution in [1.29, 1.82) is 0 Å². The minimum atomic E-state index is -1.27. The molecule has 2 atom stereocenters. The molecule has 0 spiro atoms. The smallest absolute Gasteiger partial charge is 0.410 e. The molecule has 5 rings (SSSR count). The highest BCUT2D eigenvalue weighted by Gasteiger charge is 2.58. The van der Waals surface area contributed by atoms with Gasteiger partial charge >= 0.3 is 12.1 Å². The number of ether oxygens (including phenoxy) is 2. The van der Waals surface area contributed by atoms with E-state index in [4.69, 9.17) is 9.47 Å². The van der Waals surface area contributed by atoms with E-state index in [1.807, 2.05) is 24.3 Å². The first-order valence-electron chi connectivity index (χ1n) is 9.08. The van der Waals surface area contributed by atoms with Crippen LogP contribution in [0.3, 0.4) is 0 Å². The number of carbonyl (C=O) groups excluding carboxylic acids is 1. The van der Waals surface area contributed by atoms with Crippen LogP contribution in [0.2, 0.25) is 0 Å². The SMILES string of the molecule is O=C(OCC1c2ccccc2-c2ccccc21)N1C[C@]2(C(=O)O)C[C@H]1CO2. The van der Waals surface area contributed by atoms with Crippen LogP contribution in [0.15, 0.2) is 48.5 Å². The Bertz CT molecular complexity index is 896. The largest absolute Gasteiger partial charge is 0.479 e. The molecule has 0 saturated carbocycles. The molecule has 1 aliphatic carbocycles. The summed E-state index contributed by atoms with van der Waals surface area (Å²) in [4.78, 5) is 25.6. The second-order valence-electron chi connectivity index (χ2n) is 7.40. The van der Waals surface area contributed by atoms with Gasteiger partial charge in [-0.25, -0.2) is 9.59 Å². The second kappa shape index (κ2) is 5.82. The molecule has 138 valence electrons. The highest BCUT2D eigenvalue weighted by Crippen LogP contribution is 2.45. The molecule has 2 saturated heterocycles. The zero-order valence-electron chi connectivity index (χ0n) is 14.6. The quantitative estimate of drug-likeness (QED) is 0.905. The lowest BCUT2D eigenvalue weighted by atomic mass is 9.98. The number of carbonyl (C=O) groups is 2. The predicted octanol–water partition coefficient (Wildman–Crippen LogP) is 2.86. The number of fused-ring (bicyclic) bond motifs is 5. The van der Waals surface area contributed by atoms with Crippen molar-refractivity contribution in [2.75, 3.05) is 19.8 Å². The van der Waals surface area contributed by atoms with Crippen LogP contribution in [0, 0.1) is 0 Å². The van der Waals surface area contributed by atoms with Crippen molar-refractivity contribution in [3.63, 3.8) is 0 Å². The van der Waals surface area contributed by atoms with Crippen LogP contribution in [0.1, 0.15) is 23.5 Å². The first-order valence-corrected chi connectivity index (χ1v) is 9.08. The fraction of sp³-hybridized carbons (Fsp3) is 0.333.